The van der Waals surface area contributed by atoms with E-state index in [1.165, 1.54) is 22.7 Å². The van der Waals surface area contributed by atoms with Gasteiger partial charge in [0.15, 0.2) is 6.29 Å². The fourth-order valence-corrected chi connectivity index (χ4v) is 8.61. The van der Waals surface area contributed by atoms with Crippen LogP contribution in [-0.2, 0) is 37.6 Å². The summed E-state index contributed by atoms with van der Waals surface area (Å²) < 4.78 is 29.4. The molecule has 1 N–H and O–H groups in total. The van der Waals surface area contributed by atoms with Crippen LogP contribution in [0.4, 0.5) is 0 Å². The molecule has 1 saturated carbocycles. The Hall–Kier alpha value is -2.84. The molecule has 10 nitrogen and oxygen atoms in total. The number of aliphatic carboxylic acids is 1. The van der Waals surface area contributed by atoms with E-state index in [1.807, 2.05) is 47.2 Å². The average Bonchev–Trinajstić information content (AvgIpc) is 3.92. The predicted molar refractivity (Wildman–Crippen MR) is 185 cm³/mol. The molecule has 13 heteroatoms. The van der Waals surface area contributed by atoms with E-state index in [4.69, 9.17) is 35.1 Å². The largest absolute Gasteiger partial charge is 0.496 e. The molecule has 1 aromatic carbocycles. The van der Waals surface area contributed by atoms with Crippen molar-refractivity contribution in [2.45, 2.75) is 88.4 Å². The number of nitrogens with zero attached hydrogens (tertiary/aromatic N) is 3. The van der Waals surface area contributed by atoms with Crippen LogP contribution in [0.15, 0.2) is 51.7 Å². The Morgan fingerprint density at radius 3 is 2.48 bits per heavy atom. The zero-order chi connectivity index (χ0) is 33.5. The lowest BCUT2D eigenvalue weighted by atomic mass is 9.90. The summed E-state index contributed by atoms with van der Waals surface area (Å²) in [5, 5.41) is 18.9. The number of aromatic nitrogens is 2. The van der Waals surface area contributed by atoms with Crippen LogP contribution in [0.2, 0.25) is 5.02 Å². The number of thiophene rings is 2. The van der Waals surface area contributed by atoms with Crippen molar-refractivity contribution in [2.75, 3.05) is 27.3 Å². The molecule has 1 atom stereocenters. The Labute approximate surface area is 293 Å². The van der Waals surface area contributed by atoms with Crippen molar-refractivity contribution >= 4 is 40.2 Å². The first-order valence-electron chi connectivity index (χ1n) is 16.5. The van der Waals surface area contributed by atoms with Gasteiger partial charge in [-0.3, -0.25) is 0 Å². The van der Waals surface area contributed by atoms with Crippen LogP contribution in [-0.4, -0.2) is 71.9 Å². The Morgan fingerprint density at radius 1 is 1.10 bits per heavy atom. The molecule has 2 fully saturated rings. The van der Waals surface area contributed by atoms with Gasteiger partial charge in [-0.2, -0.15) is 4.98 Å². The van der Waals surface area contributed by atoms with Crippen LogP contribution in [0.5, 0.6) is 5.75 Å². The summed E-state index contributed by atoms with van der Waals surface area (Å²) in [5.74, 6) is 0.652. The van der Waals surface area contributed by atoms with Gasteiger partial charge in [0.05, 0.1) is 34.6 Å². The minimum absolute atomic E-state index is 0.135. The number of aryl methyl sites for hydroxylation is 1. The molecule has 1 aliphatic carbocycles. The van der Waals surface area contributed by atoms with Gasteiger partial charge in [0.25, 0.3) is 0 Å². The molecule has 3 aromatic heterocycles. The topological polar surface area (TPSA) is 116 Å². The SMILES string of the molecule is COc1cc(-c2noc(CCCN(C)C3CCC(OC(C(=O)O)(c4cccs4)c4cccs4)CC3)n2)c(Cl)cc1COC1CCCCO1. The quantitative estimate of drug-likeness (QED) is 0.131. The second-order valence-electron chi connectivity index (χ2n) is 12.3. The third-order valence-corrected chi connectivity index (χ3v) is 11.4. The van der Waals surface area contributed by atoms with Crippen molar-refractivity contribution in [1.82, 2.24) is 15.0 Å². The molecule has 4 heterocycles. The molecule has 0 bridgehead atoms. The van der Waals surface area contributed by atoms with Gasteiger partial charge < -0.3 is 33.5 Å². The molecule has 48 heavy (non-hydrogen) atoms. The molecule has 258 valence electrons. The van der Waals surface area contributed by atoms with Gasteiger partial charge in [-0.25, -0.2) is 4.79 Å². The summed E-state index contributed by atoms with van der Waals surface area (Å²) in [6.45, 7) is 1.92. The number of methoxy groups -OCH3 is 1. The highest BCUT2D eigenvalue weighted by Gasteiger charge is 2.48. The van der Waals surface area contributed by atoms with Gasteiger partial charge in [0.1, 0.15) is 5.75 Å². The Morgan fingerprint density at radius 2 is 1.85 bits per heavy atom. The fraction of sp³-hybridized carbons (Fsp3) is 0.514. The predicted octanol–water partition coefficient (Wildman–Crippen LogP) is 7.79. The van der Waals surface area contributed by atoms with Crippen LogP contribution in [0.25, 0.3) is 11.4 Å². The van der Waals surface area contributed by atoms with Crippen LogP contribution in [0.3, 0.4) is 0 Å². The number of benzene rings is 1. The number of rotatable bonds is 15. The number of hydrogen-bond acceptors (Lipinski definition) is 11. The average molecular weight is 716 g/mol. The minimum Gasteiger partial charge on any atom is -0.496 e. The third-order valence-electron chi connectivity index (χ3n) is 9.19. The molecular formula is C35H42ClN3O7S2. The van der Waals surface area contributed by atoms with Gasteiger partial charge in [0, 0.05) is 30.2 Å². The monoisotopic (exact) mass is 715 g/mol. The number of ether oxygens (including phenoxy) is 4. The number of halogens is 1. The number of carboxylic acid groups (broad SMARTS) is 1. The van der Waals surface area contributed by atoms with E-state index in [2.05, 4.69) is 22.1 Å². The third kappa shape index (κ3) is 7.96. The minimum atomic E-state index is -1.47. The van der Waals surface area contributed by atoms with Gasteiger partial charge in [0.2, 0.25) is 17.3 Å². The first-order chi connectivity index (χ1) is 23.4. The highest BCUT2D eigenvalue weighted by atomic mass is 35.5. The lowest BCUT2D eigenvalue weighted by molar-refractivity contribution is -0.170. The van der Waals surface area contributed by atoms with Crippen molar-refractivity contribution < 1.29 is 33.4 Å². The van der Waals surface area contributed by atoms with Gasteiger partial charge in [-0.05, 0) is 100.0 Å². The lowest BCUT2D eigenvalue weighted by Crippen LogP contribution is -2.44. The normalized spacial score (nSPS) is 20.3. The number of hydrogen-bond donors (Lipinski definition) is 1. The number of carboxylic acids is 1. The zero-order valence-corrected chi connectivity index (χ0v) is 29.7. The molecule has 1 saturated heterocycles. The highest BCUT2D eigenvalue weighted by Crippen LogP contribution is 2.42. The summed E-state index contributed by atoms with van der Waals surface area (Å²) in [4.78, 5) is 21.2. The summed E-state index contributed by atoms with van der Waals surface area (Å²) in [5.41, 5.74) is 0.00566. The van der Waals surface area contributed by atoms with Gasteiger partial charge >= 0.3 is 5.97 Å². The molecule has 1 unspecified atom stereocenters. The Bertz CT molecular complexity index is 1570. The van der Waals surface area contributed by atoms with Crippen LogP contribution < -0.4 is 4.74 Å². The second-order valence-corrected chi connectivity index (χ2v) is 14.6. The van der Waals surface area contributed by atoms with E-state index >= 15 is 0 Å². The zero-order valence-electron chi connectivity index (χ0n) is 27.3. The van der Waals surface area contributed by atoms with E-state index in [-0.39, 0.29) is 12.4 Å². The van der Waals surface area contributed by atoms with E-state index in [0.717, 1.165) is 70.1 Å². The van der Waals surface area contributed by atoms with E-state index in [9.17, 15) is 9.90 Å². The molecule has 6 rings (SSSR count). The second kappa shape index (κ2) is 16.2. The van der Waals surface area contributed by atoms with E-state index < -0.39 is 11.6 Å². The van der Waals surface area contributed by atoms with Crippen molar-refractivity contribution in [3.63, 3.8) is 0 Å². The van der Waals surface area contributed by atoms with Crippen LogP contribution in [0.1, 0.15) is 72.6 Å². The van der Waals surface area contributed by atoms with Gasteiger partial charge in [-0.15, -0.1) is 22.7 Å². The Kier molecular flexibility index (Phi) is 11.8. The van der Waals surface area contributed by atoms with Gasteiger partial charge in [-0.1, -0.05) is 28.9 Å². The Balaban J connectivity index is 0.994. The van der Waals surface area contributed by atoms with Crippen molar-refractivity contribution in [1.29, 1.82) is 0 Å². The van der Waals surface area contributed by atoms with E-state index in [1.54, 1.807) is 7.11 Å². The molecule has 0 radical (unpaired) electrons. The maximum atomic E-state index is 12.8. The van der Waals surface area contributed by atoms with E-state index in [0.29, 0.717) is 56.9 Å². The fourth-order valence-electron chi connectivity index (χ4n) is 6.53. The lowest BCUT2D eigenvalue weighted by Gasteiger charge is -2.38. The molecule has 0 spiro atoms. The van der Waals surface area contributed by atoms with Crippen LogP contribution in [0, 0.1) is 0 Å². The molecule has 0 amide bonds. The summed E-state index contributed by atoms with van der Waals surface area (Å²) >= 11 is 9.50. The van der Waals surface area contributed by atoms with Crippen LogP contribution >= 0.6 is 34.3 Å². The summed E-state index contributed by atoms with van der Waals surface area (Å²) in [6, 6.07) is 11.5. The highest BCUT2D eigenvalue weighted by molar-refractivity contribution is 7.12. The molecule has 1 aliphatic heterocycles. The first kappa shape index (κ1) is 35.0. The van der Waals surface area contributed by atoms with Crippen molar-refractivity contribution in [3.05, 3.63) is 73.4 Å². The first-order valence-corrected chi connectivity index (χ1v) is 18.6. The maximum absolute atomic E-state index is 12.8. The number of carbonyl (C=O) groups is 1. The molecule has 4 aromatic rings. The smallest absolute Gasteiger partial charge is 0.347 e. The summed E-state index contributed by atoms with van der Waals surface area (Å²) in [6.07, 6.45) is 7.67. The standard InChI is InChI=1S/C35H42ClN3O7S2/c1-39(24-12-14-25(15-13-24)45-35(34(40)41,29-8-6-18-47-29)30-9-7-19-48-30)16-5-10-31-37-33(38-46-31)26-21-28(42-2)23(20-27(26)36)22-44-32-11-3-4-17-43-32/h6-9,18-21,24-25,32H,3-5,10-17,22H2,1-2H3,(H,40,41). The molecular weight excluding hydrogens is 674 g/mol. The maximum Gasteiger partial charge on any atom is 0.347 e. The van der Waals surface area contributed by atoms with Crippen molar-refractivity contribution in [2.24, 2.45) is 0 Å². The molecule has 2 aliphatic rings. The summed E-state index contributed by atoms with van der Waals surface area (Å²) in [7, 11) is 3.76. The van der Waals surface area contributed by atoms with Crippen molar-refractivity contribution in [3.8, 4) is 17.1 Å².